The van der Waals surface area contributed by atoms with Crippen LogP contribution in [0.25, 0.3) is 0 Å². The molecule has 0 aromatic heterocycles. The summed E-state index contributed by atoms with van der Waals surface area (Å²) in [5.41, 5.74) is 1.33. The second-order valence-electron chi connectivity index (χ2n) is 7.27. The molecule has 1 atom stereocenters. The van der Waals surface area contributed by atoms with Crippen LogP contribution in [0.5, 0.6) is 0 Å². The fourth-order valence-corrected chi connectivity index (χ4v) is 4.99. The molecule has 2 saturated heterocycles. The first-order valence-electron chi connectivity index (χ1n) is 9.55. The molecule has 1 aromatic rings. The van der Waals surface area contributed by atoms with Gasteiger partial charge in [-0.15, -0.1) is 0 Å². The molecule has 0 unspecified atom stereocenters. The molecule has 0 saturated carbocycles. The Morgan fingerprint density at radius 3 is 2.54 bits per heavy atom. The standard InChI is InChI=1S/C19H29N3O3S/c23-19(21-12-14-26(24,25)15-13-21)20-10-9-18-8-4-5-11-22(18)16-17-6-2-1-3-7-17/h1-3,6-7,18H,4-5,8-16H2,(H,20,23)/t18-/m0/s1. The summed E-state index contributed by atoms with van der Waals surface area (Å²) < 4.78 is 22.9. The monoisotopic (exact) mass is 379 g/mol. The van der Waals surface area contributed by atoms with Gasteiger partial charge in [0.2, 0.25) is 0 Å². The number of piperidine rings is 1. The van der Waals surface area contributed by atoms with Gasteiger partial charge >= 0.3 is 6.03 Å². The van der Waals surface area contributed by atoms with Crippen molar-refractivity contribution in [1.82, 2.24) is 15.1 Å². The summed E-state index contributed by atoms with van der Waals surface area (Å²) >= 11 is 0. The van der Waals surface area contributed by atoms with Crippen molar-refractivity contribution < 1.29 is 13.2 Å². The Kier molecular flexibility index (Phi) is 6.53. The lowest BCUT2D eigenvalue weighted by Crippen LogP contribution is -2.49. The Hall–Kier alpha value is -1.60. The zero-order valence-corrected chi connectivity index (χ0v) is 16.1. The number of likely N-dealkylation sites (tertiary alicyclic amines) is 1. The Morgan fingerprint density at radius 1 is 1.08 bits per heavy atom. The number of benzene rings is 1. The summed E-state index contributed by atoms with van der Waals surface area (Å²) in [4.78, 5) is 16.4. The zero-order valence-electron chi connectivity index (χ0n) is 15.3. The fraction of sp³-hybridized carbons (Fsp3) is 0.632. The minimum absolute atomic E-state index is 0.0773. The van der Waals surface area contributed by atoms with Crippen molar-refractivity contribution in [2.75, 3.05) is 37.7 Å². The molecule has 6 nitrogen and oxygen atoms in total. The maximum absolute atomic E-state index is 12.2. The lowest BCUT2D eigenvalue weighted by Gasteiger charge is -2.36. The van der Waals surface area contributed by atoms with E-state index in [2.05, 4.69) is 34.5 Å². The molecule has 2 amide bonds. The number of nitrogens with zero attached hydrogens (tertiary/aromatic N) is 2. The Balaban J connectivity index is 1.44. The van der Waals surface area contributed by atoms with Gasteiger partial charge in [0.1, 0.15) is 0 Å². The topological polar surface area (TPSA) is 69.7 Å². The molecule has 0 radical (unpaired) electrons. The third kappa shape index (κ3) is 5.45. The van der Waals surface area contributed by atoms with E-state index in [1.807, 2.05) is 6.07 Å². The van der Waals surface area contributed by atoms with Gasteiger partial charge in [-0.2, -0.15) is 0 Å². The average molecular weight is 380 g/mol. The van der Waals surface area contributed by atoms with E-state index < -0.39 is 9.84 Å². The van der Waals surface area contributed by atoms with Gasteiger partial charge in [0.25, 0.3) is 0 Å². The predicted octanol–water partition coefficient (Wildman–Crippen LogP) is 1.87. The van der Waals surface area contributed by atoms with E-state index >= 15 is 0 Å². The van der Waals surface area contributed by atoms with Crippen molar-refractivity contribution in [3.8, 4) is 0 Å². The molecule has 0 bridgehead atoms. The Labute approximate surface area is 156 Å². The summed E-state index contributed by atoms with van der Waals surface area (Å²) in [7, 11) is -2.95. The maximum atomic E-state index is 12.2. The minimum Gasteiger partial charge on any atom is -0.338 e. The molecule has 2 heterocycles. The SMILES string of the molecule is O=C(NCC[C@@H]1CCCCN1Cc1ccccc1)N1CCS(=O)(=O)CC1. The molecule has 144 valence electrons. The van der Waals surface area contributed by atoms with Crippen LogP contribution < -0.4 is 5.32 Å². The highest BCUT2D eigenvalue weighted by atomic mass is 32.2. The smallest absolute Gasteiger partial charge is 0.317 e. The summed E-state index contributed by atoms with van der Waals surface area (Å²) in [6, 6.07) is 10.9. The largest absolute Gasteiger partial charge is 0.338 e. The first-order valence-corrected chi connectivity index (χ1v) is 11.4. The fourth-order valence-electron chi connectivity index (χ4n) is 3.79. The predicted molar refractivity (Wildman–Crippen MR) is 103 cm³/mol. The van der Waals surface area contributed by atoms with E-state index in [0.717, 1.165) is 19.5 Å². The van der Waals surface area contributed by atoms with Gasteiger partial charge in [-0.25, -0.2) is 13.2 Å². The summed E-state index contributed by atoms with van der Waals surface area (Å²) in [6.07, 6.45) is 4.58. The number of hydrogen-bond donors (Lipinski definition) is 1. The molecule has 2 aliphatic rings. The van der Waals surface area contributed by atoms with Crippen molar-refractivity contribution in [2.24, 2.45) is 0 Å². The van der Waals surface area contributed by atoms with Gasteiger partial charge in [-0.3, -0.25) is 4.90 Å². The van der Waals surface area contributed by atoms with Crippen molar-refractivity contribution in [3.05, 3.63) is 35.9 Å². The molecule has 2 fully saturated rings. The molecular formula is C19H29N3O3S. The number of carbonyl (C=O) groups is 1. The third-order valence-corrected chi connectivity index (χ3v) is 6.97. The van der Waals surface area contributed by atoms with Crippen LogP contribution >= 0.6 is 0 Å². The van der Waals surface area contributed by atoms with E-state index in [4.69, 9.17) is 0 Å². The number of hydrogen-bond acceptors (Lipinski definition) is 4. The van der Waals surface area contributed by atoms with Crippen molar-refractivity contribution in [1.29, 1.82) is 0 Å². The van der Waals surface area contributed by atoms with Crippen LogP contribution in [0.1, 0.15) is 31.2 Å². The first-order chi connectivity index (χ1) is 12.5. The van der Waals surface area contributed by atoms with Gasteiger partial charge in [0.15, 0.2) is 9.84 Å². The molecule has 7 heteroatoms. The molecule has 3 rings (SSSR count). The summed E-state index contributed by atoms with van der Waals surface area (Å²) in [5, 5.41) is 2.98. The van der Waals surface area contributed by atoms with Gasteiger partial charge in [-0.05, 0) is 31.4 Å². The lowest BCUT2D eigenvalue weighted by atomic mass is 9.98. The number of rotatable bonds is 5. The molecule has 2 aliphatic heterocycles. The number of amides is 2. The summed E-state index contributed by atoms with van der Waals surface area (Å²) in [6.45, 7) is 3.31. The number of carbonyl (C=O) groups excluding carboxylic acids is 1. The Bertz CT molecular complexity index is 679. The highest BCUT2D eigenvalue weighted by Crippen LogP contribution is 2.21. The number of urea groups is 1. The average Bonchev–Trinajstić information content (AvgIpc) is 2.64. The molecule has 1 aromatic carbocycles. The van der Waals surface area contributed by atoms with Gasteiger partial charge in [-0.1, -0.05) is 36.8 Å². The van der Waals surface area contributed by atoms with Gasteiger partial charge < -0.3 is 10.2 Å². The molecule has 1 N–H and O–H groups in total. The maximum Gasteiger partial charge on any atom is 0.317 e. The van der Waals surface area contributed by atoms with E-state index in [1.54, 1.807) is 4.90 Å². The van der Waals surface area contributed by atoms with Crippen LogP contribution in [-0.4, -0.2) is 68.0 Å². The zero-order chi connectivity index (χ0) is 18.4. The molecule has 26 heavy (non-hydrogen) atoms. The van der Waals surface area contributed by atoms with E-state index in [0.29, 0.717) is 25.7 Å². The van der Waals surface area contributed by atoms with Crippen molar-refractivity contribution in [2.45, 2.75) is 38.3 Å². The second-order valence-corrected chi connectivity index (χ2v) is 9.57. The number of nitrogens with one attached hydrogen (secondary N) is 1. The third-order valence-electron chi connectivity index (χ3n) is 5.36. The van der Waals surface area contributed by atoms with E-state index in [1.165, 1.54) is 24.8 Å². The molecular weight excluding hydrogens is 350 g/mol. The number of sulfone groups is 1. The normalized spacial score (nSPS) is 23.5. The van der Waals surface area contributed by atoms with Crippen molar-refractivity contribution in [3.63, 3.8) is 0 Å². The van der Waals surface area contributed by atoms with Crippen LogP contribution in [0.15, 0.2) is 30.3 Å². The first kappa shape index (κ1) is 19.2. The van der Waals surface area contributed by atoms with E-state index in [9.17, 15) is 13.2 Å². The quantitative estimate of drug-likeness (QED) is 0.848. The van der Waals surface area contributed by atoms with Crippen LogP contribution in [-0.2, 0) is 16.4 Å². The van der Waals surface area contributed by atoms with E-state index in [-0.39, 0.29) is 17.5 Å². The Morgan fingerprint density at radius 2 is 1.81 bits per heavy atom. The minimum atomic E-state index is -2.95. The van der Waals surface area contributed by atoms with Crippen LogP contribution in [0.2, 0.25) is 0 Å². The second kappa shape index (κ2) is 8.86. The highest BCUT2D eigenvalue weighted by Gasteiger charge is 2.26. The lowest BCUT2D eigenvalue weighted by molar-refractivity contribution is 0.131. The van der Waals surface area contributed by atoms with Gasteiger partial charge in [0, 0.05) is 32.2 Å². The van der Waals surface area contributed by atoms with Crippen LogP contribution in [0.3, 0.4) is 0 Å². The van der Waals surface area contributed by atoms with Crippen LogP contribution in [0.4, 0.5) is 4.79 Å². The van der Waals surface area contributed by atoms with Crippen molar-refractivity contribution >= 4 is 15.9 Å². The molecule has 0 aliphatic carbocycles. The summed E-state index contributed by atoms with van der Waals surface area (Å²) in [5.74, 6) is 0.155. The van der Waals surface area contributed by atoms with Gasteiger partial charge in [0.05, 0.1) is 11.5 Å². The van der Waals surface area contributed by atoms with Crippen LogP contribution in [0, 0.1) is 0 Å². The molecule has 0 spiro atoms. The highest BCUT2D eigenvalue weighted by molar-refractivity contribution is 7.91.